The van der Waals surface area contributed by atoms with E-state index in [0.29, 0.717) is 24.7 Å². The average Bonchev–Trinajstić information content (AvgIpc) is 2.52. The van der Waals surface area contributed by atoms with Crippen molar-refractivity contribution in [3.05, 3.63) is 46.4 Å². The number of ether oxygens (including phenoxy) is 2. The number of halogens is 2. The van der Waals surface area contributed by atoms with E-state index < -0.39 is 10.0 Å². The van der Waals surface area contributed by atoms with Crippen LogP contribution in [0.2, 0.25) is 10.0 Å². The van der Waals surface area contributed by atoms with E-state index in [9.17, 15) is 8.42 Å². The van der Waals surface area contributed by atoms with Gasteiger partial charge in [-0.15, -0.1) is 0 Å². The second-order valence-electron chi connectivity index (χ2n) is 4.71. The number of hydrogen-bond donors (Lipinski definition) is 1. The van der Waals surface area contributed by atoms with E-state index in [2.05, 4.69) is 4.72 Å². The molecule has 0 saturated carbocycles. The lowest BCUT2D eigenvalue weighted by Crippen LogP contribution is -2.14. The molecule has 0 unspecified atom stereocenters. The van der Waals surface area contributed by atoms with Crippen LogP contribution in [0.5, 0.6) is 11.5 Å². The molecule has 0 atom stereocenters. The molecule has 0 radical (unpaired) electrons. The van der Waals surface area contributed by atoms with Gasteiger partial charge in [0.05, 0.1) is 33.8 Å². The third-order valence-corrected chi connectivity index (χ3v) is 5.11. The van der Waals surface area contributed by atoms with E-state index in [0.717, 1.165) is 0 Å². The topological polar surface area (TPSA) is 64.6 Å². The highest BCUT2D eigenvalue weighted by molar-refractivity contribution is 7.92. The van der Waals surface area contributed by atoms with Gasteiger partial charge in [0.2, 0.25) is 0 Å². The summed E-state index contributed by atoms with van der Waals surface area (Å²) in [6.07, 6.45) is 0. The first-order chi connectivity index (χ1) is 11.4. The van der Waals surface area contributed by atoms with E-state index in [-0.39, 0.29) is 20.6 Å². The third-order valence-electron chi connectivity index (χ3n) is 3.01. The summed E-state index contributed by atoms with van der Waals surface area (Å²) >= 11 is 11.7. The van der Waals surface area contributed by atoms with Crippen LogP contribution < -0.4 is 14.2 Å². The van der Waals surface area contributed by atoms with Gasteiger partial charge < -0.3 is 9.47 Å². The van der Waals surface area contributed by atoms with Gasteiger partial charge in [-0.25, -0.2) is 8.42 Å². The van der Waals surface area contributed by atoms with Crippen molar-refractivity contribution in [1.82, 2.24) is 0 Å². The smallest absolute Gasteiger partial charge is 0.262 e. The van der Waals surface area contributed by atoms with Crippen LogP contribution in [0.25, 0.3) is 0 Å². The maximum Gasteiger partial charge on any atom is 0.262 e. The van der Waals surface area contributed by atoms with Crippen molar-refractivity contribution in [2.75, 3.05) is 17.9 Å². The van der Waals surface area contributed by atoms with Gasteiger partial charge in [-0.1, -0.05) is 23.2 Å². The van der Waals surface area contributed by atoms with Crippen LogP contribution in [0.15, 0.2) is 41.3 Å². The molecule has 0 amide bonds. The minimum absolute atomic E-state index is 0.00108. The van der Waals surface area contributed by atoms with Crippen LogP contribution in [-0.4, -0.2) is 21.6 Å². The Morgan fingerprint density at radius 2 is 1.67 bits per heavy atom. The van der Waals surface area contributed by atoms with E-state index in [1.54, 1.807) is 18.2 Å². The van der Waals surface area contributed by atoms with E-state index in [4.69, 9.17) is 32.7 Å². The standard InChI is InChI=1S/C16H17Cl2NO4S/c1-3-22-11-5-8-16(23-4-2)15(9-11)19-24(20,21)12-6-7-13(17)14(18)10-12/h5-10,19H,3-4H2,1-2H3. The van der Waals surface area contributed by atoms with Crippen molar-refractivity contribution < 1.29 is 17.9 Å². The number of rotatable bonds is 7. The van der Waals surface area contributed by atoms with Crippen molar-refractivity contribution in [2.24, 2.45) is 0 Å². The Hall–Kier alpha value is -1.63. The zero-order valence-corrected chi connectivity index (χ0v) is 15.5. The summed E-state index contributed by atoms with van der Waals surface area (Å²) in [5.41, 5.74) is 0.286. The quantitative estimate of drug-likeness (QED) is 0.751. The molecule has 1 N–H and O–H groups in total. The summed E-state index contributed by atoms with van der Waals surface area (Å²) < 4.78 is 38.5. The van der Waals surface area contributed by atoms with Gasteiger partial charge in [-0.2, -0.15) is 0 Å². The first-order valence-electron chi connectivity index (χ1n) is 7.25. The van der Waals surface area contributed by atoms with Crippen LogP contribution in [0.1, 0.15) is 13.8 Å². The summed E-state index contributed by atoms with van der Waals surface area (Å²) in [7, 11) is -3.85. The Bertz CT molecular complexity index is 825. The van der Waals surface area contributed by atoms with E-state index >= 15 is 0 Å². The molecule has 5 nitrogen and oxygen atoms in total. The number of nitrogens with one attached hydrogen (secondary N) is 1. The maximum atomic E-state index is 12.6. The van der Waals surface area contributed by atoms with Crippen molar-refractivity contribution in [3.63, 3.8) is 0 Å². The molecule has 130 valence electrons. The molecule has 0 aliphatic carbocycles. The fraction of sp³-hybridized carbons (Fsp3) is 0.250. The first kappa shape index (κ1) is 18.7. The Balaban J connectivity index is 2.39. The molecule has 0 bridgehead atoms. The lowest BCUT2D eigenvalue weighted by molar-refractivity contribution is 0.332. The molecule has 2 aromatic carbocycles. The van der Waals surface area contributed by atoms with Gasteiger partial charge in [-0.05, 0) is 44.2 Å². The minimum atomic E-state index is -3.85. The summed E-state index contributed by atoms with van der Waals surface area (Å²) in [6.45, 7) is 4.52. The highest BCUT2D eigenvalue weighted by Gasteiger charge is 2.18. The molecule has 0 spiro atoms. The number of anilines is 1. The Labute approximate surface area is 151 Å². The summed E-state index contributed by atoms with van der Waals surface area (Å²) in [4.78, 5) is 0.00108. The van der Waals surface area contributed by atoms with Crippen LogP contribution in [0.4, 0.5) is 5.69 Å². The molecule has 2 rings (SSSR count). The number of sulfonamides is 1. The average molecular weight is 390 g/mol. The lowest BCUT2D eigenvalue weighted by atomic mass is 10.3. The number of hydrogen-bond acceptors (Lipinski definition) is 4. The fourth-order valence-corrected chi connectivity index (χ4v) is 3.42. The van der Waals surface area contributed by atoms with Gasteiger partial charge in [0.1, 0.15) is 11.5 Å². The predicted molar refractivity (Wildman–Crippen MR) is 96.1 cm³/mol. The second-order valence-corrected chi connectivity index (χ2v) is 7.20. The van der Waals surface area contributed by atoms with Gasteiger partial charge in [0, 0.05) is 6.07 Å². The van der Waals surface area contributed by atoms with Crippen molar-refractivity contribution in [1.29, 1.82) is 0 Å². The highest BCUT2D eigenvalue weighted by atomic mass is 35.5. The van der Waals surface area contributed by atoms with Crippen molar-refractivity contribution >= 4 is 38.9 Å². The number of benzene rings is 2. The Morgan fingerprint density at radius 3 is 2.29 bits per heavy atom. The van der Waals surface area contributed by atoms with Gasteiger partial charge in [0.15, 0.2) is 0 Å². The molecule has 8 heteroatoms. The molecule has 0 aliphatic heterocycles. The Kier molecular flexibility index (Phi) is 6.21. The van der Waals surface area contributed by atoms with Crippen LogP contribution in [-0.2, 0) is 10.0 Å². The first-order valence-corrected chi connectivity index (χ1v) is 9.48. The van der Waals surface area contributed by atoms with Gasteiger partial charge in [0.25, 0.3) is 10.0 Å². The summed E-state index contributed by atoms with van der Waals surface area (Å²) in [5.74, 6) is 0.942. The Morgan fingerprint density at radius 1 is 0.958 bits per heavy atom. The zero-order chi connectivity index (χ0) is 17.7. The monoisotopic (exact) mass is 389 g/mol. The van der Waals surface area contributed by atoms with Crippen molar-refractivity contribution in [2.45, 2.75) is 18.7 Å². The van der Waals surface area contributed by atoms with Crippen LogP contribution in [0, 0.1) is 0 Å². The lowest BCUT2D eigenvalue weighted by Gasteiger charge is -2.15. The molecule has 0 fully saturated rings. The largest absolute Gasteiger partial charge is 0.494 e. The zero-order valence-electron chi connectivity index (χ0n) is 13.2. The molecular formula is C16H17Cl2NO4S. The molecule has 24 heavy (non-hydrogen) atoms. The SMILES string of the molecule is CCOc1ccc(OCC)c(NS(=O)(=O)c2ccc(Cl)c(Cl)c2)c1. The van der Waals surface area contributed by atoms with E-state index in [1.807, 2.05) is 13.8 Å². The molecule has 0 aromatic heterocycles. The molecular weight excluding hydrogens is 373 g/mol. The third kappa shape index (κ3) is 4.47. The fourth-order valence-electron chi connectivity index (χ4n) is 1.97. The predicted octanol–water partition coefficient (Wildman–Crippen LogP) is 4.59. The van der Waals surface area contributed by atoms with E-state index in [1.165, 1.54) is 18.2 Å². The highest BCUT2D eigenvalue weighted by Crippen LogP contribution is 2.32. The normalized spacial score (nSPS) is 11.2. The molecule has 0 heterocycles. The van der Waals surface area contributed by atoms with Gasteiger partial charge in [-0.3, -0.25) is 4.72 Å². The minimum Gasteiger partial charge on any atom is -0.494 e. The summed E-state index contributed by atoms with van der Waals surface area (Å²) in [5, 5.41) is 0.441. The van der Waals surface area contributed by atoms with Crippen molar-refractivity contribution in [3.8, 4) is 11.5 Å². The maximum absolute atomic E-state index is 12.6. The van der Waals surface area contributed by atoms with Crippen LogP contribution >= 0.6 is 23.2 Å². The molecule has 2 aromatic rings. The molecule has 0 aliphatic rings. The van der Waals surface area contributed by atoms with Gasteiger partial charge >= 0.3 is 0 Å². The molecule has 0 saturated heterocycles. The second kappa shape index (κ2) is 7.96. The summed E-state index contributed by atoms with van der Waals surface area (Å²) in [6, 6.07) is 9.04. The van der Waals surface area contributed by atoms with Crippen LogP contribution in [0.3, 0.4) is 0 Å².